The first-order valence-corrected chi connectivity index (χ1v) is 7.48. The molecule has 2 nitrogen and oxygen atoms in total. The van der Waals surface area contributed by atoms with Gasteiger partial charge in [0.05, 0.1) is 12.7 Å². The van der Waals surface area contributed by atoms with E-state index in [9.17, 15) is 9.18 Å². The van der Waals surface area contributed by atoms with Crippen LogP contribution < -0.4 is 0 Å². The van der Waals surface area contributed by atoms with Gasteiger partial charge in [-0.3, -0.25) is 0 Å². The van der Waals surface area contributed by atoms with E-state index in [1.807, 2.05) is 24.3 Å². The Morgan fingerprint density at radius 2 is 1.95 bits per heavy atom. The van der Waals surface area contributed by atoms with Gasteiger partial charge >= 0.3 is 5.97 Å². The molecule has 0 atom stereocenters. The van der Waals surface area contributed by atoms with Gasteiger partial charge in [-0.2, -0.15) is 0 Å². The highest BCUT2D eigenvalue weighted by Gasteiger charge is 2.13. The smallest absolute Gasteiger partial charge is 0.338 e. The van der Waals surface area contributed by atoms with Crippen molar-refractivity contribution < 1.29 is 13.9 Å². The third-order valence-corrected chi connectivity index (χ3v) is 3.38. The molecule has 0 aromatic heterocycles. The lowest BCUT2D eigenvalue weighted by atomic mass is 9.97. The molecule has 2 rings (SSSR count). The first-order valence-electron chi connectivity index (χ1n) is 6.36. The minimum atomic E-state index is -0.412. The first kappa shape index (κ1) is 15.4. The second-order valence-corrected chi connectivity index (χ2v) is 5.01. The van der Waals surface area contributed by atoms with E-state index in [0.717, 1.165) is 22.0 Å². The normalized spacial score (nSPS) is 10.8. The summed E-state index contributed by atoms with van der Waals surface area (Å²) < 4.78 is 17.9. The minimum Gasteiger partial charge on any atom is -0.465 e. The van der Waals surface area contributed by atoms with E-state index >= 15 is 0 Å². The number of hydrogen-bond donors (Lipinski definition) is 0. The van der Waals surface area contributed by atoms with Crippen molar-refractivity contribution in [1.29, 1.82) is 0 Å². The van der Waals surface area contributed by atoms with Crippen LogP contribution in [-0.2, 0) is 4.74 Å². The molecule has 0 radical (unpaired) electrons. The predicted octanol–water partition coefficient (Wildman–Crippen LogP) is 4.69. The summed E-state index contributed by atoms with van der Waals surface area (Å²) in [7, 11) is 1.34. The Morgan fingerprint density at radius 1 is 1.24 bits per heavy atom. The number of rotatable bonds is 4. The maximum Gasteiger partial charge on any atom is 0.338 e. The van der Waals surface area contributed by atoms with Crippen LogP contribution >= 0.6 is 15.9 Å². The highest BCUT2D eigenvalue weighted by molar-refractivity contribution is 9.09. The van der Waals surface area contributed by atoms with Gasteiger partial charge in [0.25, 0.3) is 0 Å². The Morgan fingerprint density at radius 3 is 2.57 bits per heavy atom. The maximum absolute atomic E-state index is 13.1. The summed E-state index contributed by atoms with van der Waals surface area (Å²) >= 11 is 3.32. The van der Waals surface area contributed by atoms with E-state index in [4.69, 9.17) is 4.74 Å². The Balaban J connectivity index is 2.54. The molecule has 108 valence electrons. The molecule has 0 amide bonds. The van der Waals surface area contributed by atoms with Gasteiger partial charge in [-0.15, -0.1) is 0 Å². The minimum absolute atomic E-state index is 0.311. The third kappa shape index (κ3) is 3.79. The molecular weight excluding hydrogens is 335 g/mol. The summed E-state index contributed by atoms with van der Waals surface area (Å²) in [6.45, 7) is 0. The summed E-state index contributed by atoms with van der Waals surface area (Å²) in [5, 5.41) is 0.748. The van der Waals surface area contributed by atoms with Crippen molar-refractivity contribution in [3.05, 3.63) is 65.5 Å². The number of methoxy groups -OCH3 is 1. The molecule has 0 saturated heterocycles. The van der Waals surface area contributed by atoms with Crippen LogP contribution in [0.5, 0.6) is 0 Å². The van der Waals surface area contributed by atoms with Gasteiger partial charge in [0.15, 0.2) is 0 Å². The number of esters is 1. The molecule has 0 bridgehead atoms. The van der Waals surface area contributed by atoms with Crippen LogP contribution in [0.2, 0.25) is 0 Å². The molecule has 0 heterocycles. The lowest BCUT2D eigenvalue weighted by molar-refractivity contribution is 0.0601. The molecule has 0 aliphatic rings. The largest absolute Gasteiger partial charge is 0.465 e. The lowest BCUT2D eigenvalue weighted by Gasteiger charge is -2.09. The van der Waals surface area contributed by atoms with Gasteiger partial charge in [-0.1, -0.05) is 46.3 Å². The summed E-state index contributed by atoms with van der Waals surface area (Å²) in [6, 6.07) is 11.5. The van der Waals surface area contributed by atoms with Crippen LogP contribution in [0.1, 0.15) is 15.9 Å². The molecule has 0 saturated carbocycles. The van der Waals surface area contributed by atoms with E-state index in [-0.39, 0.29) is 5.82 Å². The molecular formula is C17H14BrFO2. The van der Waals surface area contributed by atoms with E-state index in [2.05, 4.69) is 15.9 Å². The highest BCUT2D eigenvalue weighted by Crippen LogP contribution is 2.26. The molecule has 0 unspecified atom stereocenters. The van der Waals surface area contributed by atoms with Crippen molar-refractivity contribution in [3.63, 3.8) is 0 Å². The van der Waals surface area contributed by atoms with Crippen molar-refractivity contribution in [3.8, 4) is 11.1 Å². The SMILES string of the molecule is COC(=O)c1ccc(/C=C/CBr)cc1-c1ccc(F)cc1. The Labute approximate surface area is 131 Å². The average molecular weight is 349 g/mol. The average Bonchev–Trinajstić information content (AvgIpc) is 2.52. The fourth-order valence-electron chi connectivity index (χ4n) is 2.00. The zero-order valence-corrected chi connectivity index (χ0v) is 13.1. The molecule has 21 heavy (non-hydrogen) atoms. The first-order chi connectivity index (χ1) is 10.2. The number of ether oxygens (including phenoxy) is 1. The van der Waals surface area contributed by atoms with Crippen LogP contribution in [-0.4, -0.2) is 18.4 Å². The Bertz CT molecular complexity index is 663. The Kier molecular flexibility index (Phi) is 5.28. The van der Waals surface area contributed by atoms with Crippen molar-refractivity contribution in [1.82, 2.24) is 0 Å². The van der Waals surface area contributed by atoms with Crippen LogP contribution in [0.25, 0.3) is 17.2 Å². The zero-order valence-electron chi connectivity index (χ0n) is 11.5. The number of allylic oxidation sites excluding steroid dienone is 1. The number of carbonyl (C=O) groups is 1. The molecule has 2 aromatic rings. The number of halogens is 2. The van der Waals surface area contributed by atoms with Gasteiger partial charge in [0, 0.05) is 5.33 Å². The molecule has 0 aliphatic carbocycles. The fourth-order valence-corrected chi connectivity index (χ4v) is 2.19. The van der Waals surface area contributed by atoms with E-state index in [0.29, 0.717) is 5.56 Å². The van der Waals surface area contributed by atoms with E-state index in [1.54, 1.807) is 18.2 Å². The molecule has 0 spiro atoms. The summed E-state index contributed by atoms with van der Waals surface area (Å²) in [5.74, 6) is -0.723. The van der Waals surface area contributed by atoms with Crippen molar-refractivity contribution >= 4 is 28.0 Å². The number of benzene rings is 2. The molecule has 4 heteroatoms. The number of hydrogen-bond acceptors (Lipinski definition) is 2. The standard InChI is InChI=1S/C17H14BrFO2/c1-21-17(20)15-9-4-12(3-2-10-18)11-16(15)13-5-7-14(19)8-6-13/h2-9,11H,10H2,1H3/b3-2+. The Hall–Kier alpha value is -1.94. The van der Waals surface area contributed by atoms with Crippen LogP contribution in [0, 0.1) is 5.82 Å². The lowest BCUT2D eigenvalue weighted by Crippen LogP contribution is -2.03. The maximum atomic E-state index is 13.1. The monoisotopic (exact) mass is 348 g/mol. The molecule has 2 aromatic carbocycles. The van der Waals surface area contributed by atoms with Gasteiger partial charge < -0.3 is 4.74 Å². The van der Waals surface area contributed by atoms with Crippen molar-refractivity contribution in [2.75, 3.05) is 12.4 Å². The van der Waals surface area contributed by atoms with Crippen molar-refractivity contribution in [2.24, 2.45) is 0 Å². The van der Waals surface area contributed by atoms with Gasteiger partial charge in [-0.05, 0) is 41.0 Å². The zero-order chi connectivity index (χ0) is 15.2. The quantitative estimate of drug-likeness (QED) is 0.591. The second-order valence-electron chi connectivity index (χ2n) is 4.36. The van der Waals surface area contributed by atoms with E-state index in [1.165, 1.54) is 19.2 Å². The van der Waals surface area contributed by atoms with Crippen molar-refractivity contribution in [2.45, 2.75) is 0 Å². The topological polar surface area (TPSA) is 26.3 Å². The van der Waals surface area contributed by atoms with Gasteiger partial charge in [0.1, 0.15) is 5.82 Å². The fraction of sp³-hybridized carbons (Fsp3) is 0.118. The summed E-state index contributed by atoms with van der Waals surface area (Å²) in [6.07, 6.45) is 3.91. The van der Waals surface area contributed by atoms with Crippen LogP contribution in [0.3, 0.4) is 0 Å². The summed E-state index contributed by atoms with van der Waals surface area (Å²) in [5.41, 5.74) is 2.91. The number of carbonyl (C=O) groups excluding carboxylic acids is 1. The molecule has 0 fully saturated rings. The predicted molar refractivity (Wildman–Crippen MR) is 86.0 cm³/mol. The number of alkyl halides is 1. The molecule has 0 aliphatic heterocycles. The highest BCUT2D eigenvalue weighted by atomic mass is 79.9. The van der Waals surface area contributed by atoms with E-state index < -0.39 is 5.97 Å². The third-order valence-electron chi connectivity index (χ3n) is 3.00. The van der Waals surface area contributed by atoms with Gasteiger partial charge in [-0.25, -0.2) is 9.18 Å². The van der Waals surface area contributed by atoms with Crippen LogP contribution in [0.15, 0.2) is 48.5 Å². The second kappa shape index (κ2) is 7.18. The van der Waals surface area contributed by atoms with Crippen LogP contribution in [0.4, 0.5) is 4.39 Å². The van der Waals surface area contributed by atoms with Gasteiger partial charge in [0.2, 0.25) is 0 Å². The molecule has 0 N–H and O–H groups in total. The summed E-state index contributed by atoms with van der Waals surface area (Å²) in [4.78, 5) is 11.9.